The van der Waals surface area contributed by atoms with Crippen molar-refractivity contribution < 1.29 is 9.21 Å². The number of carbonyl (C=O) groups is 1. The Morgan fingerprint density at radius 1 is 1.24 bits per heavy atom. The van der Waals surface area contributed by atoms with Gasteiger partial charge in [0.25, 0.3) is 5.91 Å². The first-order valence-corrected chi connectivity index (χ1v) is 5.26. The molecule has 0 atom stereocenters. The summed E-state index contributed by atoms with van der Waals surface area (Å²) in [5.41, 5.74) is 2.82. The van der Waals surface area contributed by atoms with E-state index < -0.39 is 0 Å². The van der Waals surface area contributed by atoms with Gasteiger partial charge < -0.3 is 9.73 Å². The van der Waals surface area contributed by atoms with Crippen molar-refractivity contribution in [3.63, 3.8) is 0 Å². The van der Waals surface area contributed by atoms with E-state index in [1.807, 2.05) is 13.8 Å². The molecule has 1 amide bonds. The number of nitrogens with one attached hydrogen (secondary N) is 2. The minimum absolute atomic E-state index is 0.238. The number of anilines is 1. The predicted octanol–water partition coefficient (Wildman–Crippen LogP) is 1.88. The molecule has 0 aliphatic heterocycles. The Balaban J connectivity index is 2.26. The number of aryl methyl sites for hydroxylation is 4. The Hall–Kier alpha value is -2.11. The van der Waals surface area contributed by atoms with Crippen molar-refractivity contribution in [1.82, 2.24) is 15.2 Å². The molecule has 0 spiro atoms. The standard InChI is InChI=1S/C11H14N4O2/c1-5-9(6(2)15-14-5)13-11(16)10-7(3)12-8(4)17-10/h1-4H3,(H,13,16)(H,14,15). The highest BCUT2D eigenvalue weighted by Crippen LogP contribution is 2.18. The van der Waals surface area contributed by atoms with Gasteiger partial charge in [-0.25, -0.2) is 4.98 Å². The van der Waals surface area contributed by atoms with Gasteiger partial charge in [-0.3, -0.25) is 9.89 Å². The fourth-order valence-corrected chi connectivity index (χ4v) is 1.65. The predicted molar refractivity (Wildman–Crippen MR) is 62.0 cm³/mol. The Morgan fingerprint density at radius 2 is 1.94 bits per heavy atom. The number of aromatic amines is 1. The molecule has 0 bridgehead atoms. The van der Waals surface area contributed by atoms with Gasteiger partial charge in [-0.1, -0.05) is 0 Å². The Kier molecular flexibility index (Phi) is 2.71. The van der Waals surface area contributed by atoms with E-state index in [9.17, 15) is 4.79 Å². The smallest absolute Gasteiger partial charge is 0.293 e. The molecule has 90 valence electrons. The van der Waals surface area contributed by atoms with Gasteiger partial charge in [-0.2, -0.15) is 5.10 Å². The van der Waals surface area contributed by atoms with Crippen LogP contribution in [0.3, 0.4) is 0 Å². The number of rotatable bonds is 2. The lowest BCUT2D eigenvalue weighted by molar-refractivity contribution is 0.0994. The van der Waals surface area contributed by atoms with Crippen molar-refractivity contribution in [1.29, 1.82) is 0 Å². The van der Waals surface area contributed by atoms with E-state index in [-0.39, 0.29) is 11.7 Å². The maximum absolute atomic E-state index is 12.0. The lowest BCUT2D eigenvalue weighted by Gasteiger charge is -2.02. The third-order valence-corrected chi connectivity index (χ3v) is 2.48. The minimum Gasteiger partial charge on any atom is -0.436 e. The van der Waals surface area contributed by atoms with E-state index in [0.29, 0.717) is 17.3 Å². The van der Waals surface area contributed by atoms with Gasteiger partial charge in [-0.05, 0) is 20.8 Å². The molecule has 0 saturated carbocycles. The van der Waals surface area contributed by atoms with Crippen LogP contribution in [0.5, 0.6) is 0 Å². The third kappa shape index (κ3) is 2.06. The molecule has 2 rings (SSSR count). The number of carbonyl (C=O) groups excluding carboxylic acids is 1. The maximum Gasteiger partial charge on any atom is 0.293 e. The lowest BCUT2D eigenvalue weighted by Crippen LogP contribution is -2.13. The van der Waals surface area contributed by atoms with Crippen LogP contribution in [0.2, 0.25) is 0 Å². The summed E-state index contributed by atoms with van der Waals surface area (Å²) in [6.07, 6.45) is 0. The van der Waals surface area contributed by atoms with Crippen LogP contribution in [0.4, 0.5) is 5.69 Å². The number of hydrogen-bond donors (Lipinski definition) is 2. The van der Waals surface area contributed by atoms with Gasteiger partial charge in [0.05, 0.1) is 22.8 Å². The molecule has 0 aliphatic carbocycles. The highest BCUT2D eigenvalue weighted by molar-refractivity contribution is 6.03. The zero-order chi connectivity index (χ0) is 12.6. The first kappa shape index (κ1) is 11.4. The SMILES string of the molecule is Cc1nc(C)c(C(=O)Nc2c(C)n[nH]c2C)o1. The van der Waals surface area contributed by atoms with Crippen molar-refractivity contribution in [3.8, 4) is 0 Å². The van der Waals surface area contributed by atoms with E-state index in [1.54, 1.807) is 13.8 Å². The molecule has 0 aliphatic rings. The van der Waals surface area contributed by atoms with Gasteiger partial charge in [0.15, 0.2) is 5.89 Å². The molecule has 0 aromatic carbocycles. The van der Waals surface area contributed by atoms with E-state index >= 15 is 0 Å². The monoisotopic (exact) mass is 234 g/mol. The number of aromatic nitrogens is 3. The van der Waals surface area contributed by atoms with Gasteiger partial charge in [0.1, 0.15) is 0 Å². The first-order chi connectivity index (χ1) is 7.99. The topological polar surface area (TPSA) is 83.8 Å². The second-order valence-electron chi connectivity index (χ2n) is 3.91. The fraction of sp³-hybridized carbons (Fsp3) is 0.364. The second kappa shape index (κ2) is 4.04. The van der Waals surface area contributed by atoms with Crippen LogP contribution in [-0.4, -0.2) is 21.1 Å². The Bertz CT molecular complexity index is 549. The van der Waals surface area contributed by atoms with Crippen molar-refractivity contribution in [2.75, 3.05) is 5.32 Å². The summed E-state index contributed by atoms with van der Waals surface area (Å²) in [5.74, 6) is 0.409. The molecule has 0 fully saturated rings. The molecule has 6 heteroatoms. The normalized spacial score (nSPS) is 10.6. The summed E-state index contributed by atoms with van der Waals surface area (Å²) in [4.78, 5) is 16.0. The van der Waals surface area contributed by atoms with Crippen molar-refractivity contribution in [3.05, 3.63) is 28.7 Å². The minimum atomic E-state index is -0.310. The summed E-state index contributed by atoms with van der Waals surface area (Å²) in [6.45, 7) is 7.10. The van der Waals surface area contributed by atoms with Gasteiger partial charge in [0, 0.05) is 6.92 Å². The Labute approximate surface area is 98.4 Å². The molecule has 2 heterocycles. The molecule has 6 nitrogen and oxygen atoms in total. The average molecular weight is 234 g/mol. The molecule has 2 aromatic heterocycles. The molecule has 17 heavy (non-hydrogen) atoms. The molecule has 0 saturated heterocycles. The van der Waals surface area contributed by atoms with Crippen LogP contribution in [-0.2, 0) is 0 Å². The van der Waals surface area contributed by atoms with E-state index in [1.165, 1.54) is 0 Å². The van der Waals surface area contributed by atoms with Crippen molar-refractivity contribution in [2.45, 2.75) is 27.7 Å². The first-order valence-electron chi connectivity index (χ1n) is 5.26. The number of oxazole rings is 1. The molecule has 0 unspecified atom stereocenters. The summed E-state index contributed by atoms with van der Waals surface area (Å²) >= 11 is 0. The fourth-order valence-electron chi connectivity index (χ4n) is 1.65. The maximum atomic E-state index is 12.0. The number of amides is 1. The highest BCUT2D eigenvalue weighted by Gasteiger charge is 2.18. The van der Waals surface area contributed by atoms with Crippen LogP contribution < -0.4 is 5.32 Å². The van der Waals surface area contributed by atoms with Crippen LogP contribution >= 0.6 is 0 Å². The highest BCUT2D eigenvalue weighted by atomic mass is 16.4. The van der Waals surface area contributed by atoms with Crippen molar-refractivity contribution >= 4 is 11.6 Å². The van der Waals surface area contributed by atoms with Crippen LogP contribution in [0.25, 0.3) is 0 Å². The third-order valence-electron chi connectivity index (χ3n) is 2.48. The largest absolute Gasteiger partial charge is 0.436 e. The van der Waals surface area contributed by atoms with Gasteiger partial charge in [-0.15, -0.1) is 0 Å². The van der Waals surface area contributed by atoms with Gasteiger partial charge in [0.2, 0.25) is 5.76 Å². The van der Waals surface area contributed by atoms with E-state index in [2.05, 4.69) is 20.5 Å². The van der Waals surface area contributed by atoms with Gasteiger partial charge >= 0.3 is 0 Å². The molecular weight excluding hydrogens is 220 g/mol. The van der Waals surface area contributed by atoms with Crippen LogP contribution in [0, 0.1) is 27.7 Å². The lowest BCUT2D eigenvalue weighted by atomic mass is 10.3. The zero-order valence-corrected chi connectivity index (χ0v) is 10.2. The summed E-state index contributed by atoms with van der Waals surface area (Å²) in [7, 11) is 0. The number of hydrogen-bond acceptors (Lipinski definition) is 4. The Morgan fingerprint density at radius 3 is 2.41 bits per heavy atom. The molecule has 2 aromatic rings. The molecule has 2 N–H and O–H groups in total. The van der Waals surface area contributed by atoms with E-state index in [0.717, 1.165) is 11.4 Å². The summed E-state index contributed by atoms with van der Waals surface area (Å²) in [5, 5.41) is 9.57. The zero-order valence-electron chi connectivity index (χ0n) is 10.2. The summed E-state index contributed by atoms with van der Waals surface area (Å²) < 4.78 is 5.25. The quantitative estimate of drug-likeness (QED) is 0.831. The van der Waals surface area contributed by atoms with E-state index in [4.69, 9.17) is 4.42 Å². The van der Waals surface area contributed by atoms with Crippen LogP contribution in [0.1, 0.15) is 33.5 Å². The second-order valence-corrected chi connectivity index (χ2v) is 3.91. The number of H-pyrrole nitrogens is 1. The number of nitrogens with zero attached hydrogens (tertiary/aromatic N) is 2. The average Bonchev–Trinajstić information content (AvgIpc) is 2.74. The summed E-state index contributed by atoms with van der Waals surface area (Å²) in [6, 6.07) is 0. The molecule has 0 radical (unpaired) electrons. The molecular formula is C11H14N4O2. The van der Waals surface area contributed by atoms with Crippen LogP contribution in [0.15, 0.2) is 4.42 Å². The van der Waals surface area contributed by atoms with Crippen molar-refractivity contribution in [2.24, 2.45) is 0 Å².